The van der Waals surface area contributed by atoms with E-state index in [9.17, 15) is 5.11 Å². The molecule has 2 heteroatoms. The van der Waals surface area contributed by atoms with E-state index >= 15 is 0 Å². The molecule has 1 N–H and O–H groups in total. The fourth-order valence-electron chi connectivity index (χ4n) is 1.88. The van der Waals surface area contributed by atoms with Crippen molar-refractivity contribution in [1.29, 1.82) is 0 Å². The van der Waals surface area contributed by atoms with Crippen LogP contribution in [-0.4, -0.2) is 10.7 Å². The molecule has 1 saturated carbocycles. The molecule has 1 aliphatic rings. The van der Waals surface area contributed by atoms with E-state index in [0.29, 0.717) is 0 Å². The van der Waals surface area contributed by atoms with E-state index in [-0.39, 0.29) is 5.41 Å². The maximum atomic E-state index is 9.84. The van der Waals surface area contributed by atoms with Crippen LogP contribution in [-0.2, 0) is 5.41 Å². The number of halogens is 1. The van der Waals surface area contributed by atoms with Crippen molar-refractivity contribution in [3.63, 3.8) is 0 Å². The average Bonchev–Trinajstić information content (AvgIpc) is 2.53. The minimum atomic E-state index is -0.541. The molecule has 1 fully saturated rings. The highest BCUT2D eigenvalue weighted by molar-refractivity contribution is 6.30. The smallest absolute Gasteiger partial charge is 0.0723 e. The van der Waals surface area contributed by atoms with Crippen LogP contribution in [0.1, 0.15) is 25.8 Å². The van der Waals surface area contributed by atoms with Crippen molar-refractivity contribution in [3.05, 3.63) is 34.9 Å². The Kier molecular flexibility index (Phi) is 1.73. The third kappa shape index (κ3) is 1.27. The molecule has 0 aromatic heterocycles. The molecule has 1 aromatic carbocycles. The summed E-state index contributed by atoms with van der Waals surface area (Å²) in [6, 6.07) is 7.72. The Bertz CT molecular complexity index is 328. The van der Waals surface area contributed by atoms with Gasteiger partial charge in [-0.1, -0.05) is 30.7 Å². The topological polar surface area (TPSA) is 20.2 Å². The highest BCUT2D eigenvalue weighted by Gasteiger charge is 2.61. The molecule has 2 unspecified atom stereocenters. The Labute approximate surface area is 83.3 Å². The highest BCUT2D eigenvalue weighted by Crippen LogP contribution is 2.56. The number of aliphatic hydroxyl groups is 1. The van der Waals surface area contributed by atoms with E-state index in [1.54, 1.807) is 0 Å². The lowest BCUT2D eigenvalue weighted by molar-refractivity contribution is 0.145. The molecule has 0 saturated heterocycles. The van der Waals surface area contributed by atoms with Crippen LogP contribution in [0, 0.1) is 0 Å². The molecule has 1 nitrogen and oxygen atoms in total. The molecule has 70 valence electrons. The van der Waals surface area contributed by atoms with Crippen LogP contribution in [0.2, 0.25) is 5.02 Å². The van der Waals surface area contributed by atoms with E-state index < -0.39 is 5.60 Å². The Hall–Kier alpha value is -0.530. The van der Waals surface area contributed by atoms with Crippen molar-refractivity contribution in [2.75, 3.05) is 0 Å². The molecular formula is C11H13ClO. The first-order valence-electron chi connectivity index (χ1n) is 4.44. The maximum absolute atomic E-state index is 9.84. The number of benzene rings is 1. The second-order valence-electron chi connectivity index (χ2n) is 4.29. The fraction of sp³-hybridized carbons (Fsp3) is 0.455. The minimum absolute atomic E-state index is 0.0718. The van der Waals surface area contributed by atoms with Gasteiger partial charge in [0.1, 0.15) is 0 Å². The second kappa shape index (κ2) is 2.49. The van der Waals surface area contributed by atoms with Gasteiger partial charge < -0.3 is 5.11 Å². The van der Waals surface area contributed by atoms with Crippen molar-refractivity contribution >= 4 is 11.6 Å². The summed E-state index contributed by atoms with van der Waals surface area (Å²) in [5, 5.41) is 10.6. The van der Waals surface area contributed by atoms with Gasteiger partial charge in [0.2, 0.25) is 0 Å². The van der Waals surface area contributed by atoms with Crippen molar-refractivity contribution in [1.82, 2.24) is 0 Å². The van der Waals surface area contributed by atoms with Crippen LogP contribution < -0.4 is 0 Å². The predicted octanol–water partition coefficient (Wildman–Crippen LogP) is 2.75. The van der Waals surface area contributed by atoms with Crippen LogP contribution >= 0.6 is 11.6 Å². The summed E-state index contributed by atoms with van der Waals surface area (Å²) in [4.78, 5) is 0. The Morgan fingerprint density at radius 2 is 1.69 bits per heavy atom. The molecule has 2 rings (SSSR count). The summed E-state index contributed by atoms with van der Waals surface area (Å²) < 4.78 is 0. The second-order valence-corrected chi connectivity index (χ2v) is 4.73. The Morgan fingerprint density at radius 1 is 1.23 bits per heavy atom. The van der Waals surface area contributed by atoms with Gasteiger partial charge in [-0.15, -0.1) is 0 Å². The first-order valence-corrected chi connectivity index (χ1v) is 4.82. The zero-order valence-electron chi connectivity index (χ0n) is 7.84. The molecule has 1 aliphatic carbocycles. The van der Waals surface area contributed by atoms with Gasteiger partial charge in [-0.05, 0) is 31.0 Å². The highest BCUT2D eigenvalue weighted by atomic mass is 35.5. The van der Waals surface area contributed by atoms with Gasteiger partial charge in [-0.25, -0.2) is 0 Å². The standard InChI is InChI=1S/C11H13ClO/c1-10(7-11(10,2)13)8-3-5-9(12)6-4-8/h3-6,13H,7H2,1-2H3. The molecule has 13 heavy (non-hydrogen) atoms. The number of hydrogen-bond acceptors (Lipinski definition) is 1. The quantitative estimate of drug-likeness (QED) is 0.733. The molecule has 0 amide bonds. The normalized spacial score (nSPS) is 37.5. The van der Waals surface area contributed by atoms with Gasteiger partial charge in [0.25, 0.3) is 0 Å². The molecule has 0 aliphatic heterocycles. The van der Waals surface area contributed by atoms with E-state index in [1.165, 1.54) is 5.56 Å². The number of rotatable bonds is 1. The van der Waals surface area contributed by atoms with Crippen molar-refractivity contribution in [3.8, 4) is 0 Å². The van der Waals surface area contributed by atoms with Gasteiger partial charge in [0, 0.05) is 10.4 Å². The van der Waals surface area contributed by atoms with Crippen molar-refractivity contribution in [2.45, 2.75) is 31.3 Å². The summed E-state index contributed by atoms with van der Waals surface area (Å²) in [6.07, 6.45) is 0.835. The van der Waals surface area contributed by atoms with Gasteiger partial charge >= 0.3 is 0 Å². The lowest BCUT2D eigenvalue weighted by Crippen LogP contribution is -2.16. The molecule has 0 heterocycles. The first-order chi connectivity index (χ1) is 5.96. The summed E-state index contributed by atoms with van der Waals surface area (Å²) >= 11 is 5.79. The predicted molar refractivity (Wildman–Crippen MR) is 54.0 cm³/mol. The summed E-state index contributed by atoms with van der Waals surface area (Å²) in [5.41, 5.74) is 0.556. The van der Waals surface area contributed by atoms with Gasteiger partial charge in [-0.3, -0.25) is 0 Å². The van der Waals surface area contributed by atoms with Crippen molar-refractivity contribution < 1.29 is 5.11 Å². The average molecular weight is 197 g/mol. The monoisotopic (exact) mass is 196 g/mol. The summed E-state index contributed by atoms with van der Waals surface area (Å²) in [5.74, 6) is 0. The SMILES string of the molecule is CC1(O)CC1(C)c1ccc(Cl)cc1. The minimum Gasteiger partial charge on any atom is -0.389 e. The fourth-order valence-corrected chi connectivity index (χ4v) is 2.00. The molecule has 0 radical (unpaired) electrons. The summed E-state index contributed by atoms with van der Waals surface area (Å²) in [7, 11) is 0. The zero-order chi connectivity index (χ0) is 9.69. The largest absolute Gasteiger partial charge is 0.389 e. The lowest BCUT2D eigenvalue weighted by Gasteiger charge is -2.13. The van der Waals surface area contributed by atoms with E-state index in [2.05, 4.69) is 6.92 Å². The van der Waals surface area contributed by atoms with E-state index in [1.807, 2.05) is 31.2 Å². The Morgan fingerprint density at radius 3 is 2.08 bits per heavy atom. The third-order valence-electron chi connectivity index (χ3n) is 3.24. The van der Waals surface area contributed by atoms with Crippen LogP contribution in [0.4, 0.5) is 0 Å². The molecule has 2 atom stereocenters. The lowest BCUT2D eigenvalue weighted by atomic mass is 9.95. The van der Waals surface area contributed by atoms with Crippen molar-refractivity contribution in [2.24, 2.45) is 0 Å². The van der Waals surface area contributed by atoms with E-state index in [4.69, 9.17) is 11.6 Å². The van der Waals surface area contributed by atoms with Gasteiger partial charge in [0.15, 0.2) is 0 Å². The molecule has 0 spiro atoms. The van der Waals surface area contributed by atoms with Crippen LogP contribution in [0.3, 0.4) is 0 Å². The Balaban J connectivity index is 2.34. The first kappa shape index (κ1) is 9.04. The number of hydrogen-bond donors (Lipinski definition) is 1. The molecular weight excluding hydrogens is 184 g/mol. The molecule has 0 bridgehead atoms. The van der Waals surface area contributed by atoms with Crippen LogP contribution in [0.15, 0.2) is 24.3 Å². The van der Waals surface area contributed by atoms with Gasteiger partial charge in [-0.2, -0.15) is 0 Å². The van der Waals surface area contributed by atoms with Crippen LogP contribution in [0.5, 0.6) is 0 Å². The van der Waals surface area contributed by atoms with Crippen LogP contribution in [0.25, 0.3) is 0 Å². The zero-order valence-corrected chi connectivity index (χ0v) is 8.60. The van der Waals surface area contributed by atoms with Gasteiger partial charge in [0.05, 0.1) is 5.60 Å². The van der Waals surface area contributed by atoms with E-state index in [0.717, 1.165) is 11.4 Å². The third-order valence-corrected chi connectivity index (χ3v) is 3.49. The molecule has 1 aromatic rings. The summed E-state index contributed by atoms with van der Waals surface area (Å²) in [6.45, 7) is 3.96. The maximum Gasteiger partial charge on any atom is 0.0723 e.